The average molecular weight is 197 g/mol. The van der Waals surface area contributed by atoms with E-state index in [0.29, 0.717) is 6.54 Å². The molecule has 0 spiro atoms. The van der Waals surface area contributed by atoms with Gasteiger partial charge in [-0.25, -0.2) is 0 Å². The number of nitrogens with one attached hydrogen (secondary N) is 1. The average Bonchev–Trinajstić information content (AvgIpc) is 2.79. The predicted molar refractivity (Wildman–Crippen MR) is 54.8 cm³/mol. The molecule has 2 bridgehead atoms. The monoisotopic (exact) mass is 197 g/mol. The molecule has 1 fully saturated rings. The van der Waals surface area contributed by atoms with Gasteiger partial charge in [-0.1, -0.05) is 12.2 Å². The quantitative estimate of drug-likeness (QED) is 0.550. The van der Waals surface area contributed by atoms with Crippen LogP contribution in [0.5, 0.6) is 0 Å². The van der Waals surface area contributed by atoms with E-state index < -0.39 is 6.10 Å². The highest BCUT2D eigenvalue weighted by Gasteiger charge is 2.34. The summed E-state index contributed by atoms with van der Waals surface area (Å²) in [4.78, 5) is 0. The summed E-state index contributed by atoms with van der Waals surface area (Å²) in [5.74, 6) is 2.32. The summed E-state index contributed by atoms with van der Waals surface area (Å²) in [5.41, 5.74) is 0. The van der Waals surface area contributed by atoms with Crippen molar-refractivity contribution in [3.63, 3.8) is 0 Å². The van der Waals surface area contributed by atoms with Gasteiger partial charge in [0.15, 0.2) is 0 Å². The first-order chi connectivity index (χ1) is 6.79. The van der Waals surface area contributed by atoms with Crippen LogP contribution in [-0.2, 0) is 0 Å². The number of rotatable bonds is 5. The lowest BCUT2D eigenvalue weighted by atomic mass is 9.93. The topological polar surface area (TPSA) is 52.5 Å². The van der Waals surface area contributed by atoms with Gasteiger partial charge in [-0.2, -0.15) is 0 Å². The molecule has 3 heteroatoms. The number of hydrogen-bond acceptors (Lipinski definition) is 3. The van der Waals surface area contributed by atoms with Gasteiger partial charge in [0.25, 0.3) is 0 Å². The van der Waals surface area contributed by atoms with Gasteiger partial charge in [0.2, 0.25) is 0 Å². The Morgan fingerprint density at radius 1 is 1.36 bits per heavy atom. The van der Waals surface area contributed by atoms with Crippen molar-refractivity contribution in [2.75, 3.05) is 19.7 Å². The minimum absolute atomic E-state index is 0.149. The van der Waals surface area contributed by atoms with Crippen molar-refractivity contribution in [2.45, 2.75) is 18.9 Å². The van der Waals surface area contributed by atoms with Crippen LogP contribution >= 0.6 is 0 Å². The number of aliphatic hydroxyl groups excluding tert-OH is 2. The molecule has 2 aliphatic carbocycles. The summed E-state index contributed by atoms with van der Waals surface area (Å²) >= 11 is 0. The van der Waals surface area contributed by atoms with Crippen molar-refractivity contribution >= 4 is 0 Å². The zero-order valence-electron chi connectivity index (χ0n) is 8.39. The first-order valence-electron chi connectivity index (χ1n) is 5.47. The van der Waals surface area contributed by atoms with E-state index in [9.17, 15) is 0 Å². The number of aliphatic hydroxyl groups is 2. The van der Waals surface area contributed by atoms with Gasteiger partial charge in [-0.05, 0) is 37.1 Å². The van der Waals surface area contributed by atoms with Crippen LogP contribution in [0, 0.1) is 17.8 Å². The molecule has 3 N–H and O–H groups in total. The first kappa shape index (κ1) is 10.1. The fourth-order valence-electron chi connectivity index (χ4n) is 2.63. The second-order valence-electron chi connectivity index (χ2n) is 4.53. The van der Waals surface area contributed by atoms with Crippen molar-refractivity contribution < 1.29 is 10.2 Å². The third kappa shape index (κ3) is 2.16. The molecule has 14 heavy (non-hydrogen) atoms. The second-order valence-corrected chi connectivity index (χ2v) is 4.53. The van der Waals surface area contributed by atoms with E-state index in [4.69, 9.17) is 10.2 Å². The Balaban J connectivity index is 1.65. The minimum atomic E-state index is -0.607. The van der Waals surface area contributed by atoms with Crippen LogP contribution in [0.25, 0.3) is 0 Å². The summed E-state index contributed by atoms with van der Waals surface area (Å²) < 4.78 is 0. The molecule has 0 heterocycles. The molecule has 4 unspecified atom stereocenters. The molecule has 80 valence electrons. The zero-order chi connectivity index (χ0) is 9.97. The van der Waals surface area contributed by atoms with E-state index >= 15 is 0 Å². The van der Waals surface area contributed by atoms with Crippen molar-refractivity contribution in [1.82, 2.24) is 5.32 Å². The second kappa shape index (κ2) is 4.43. The molecular formula is C11H19NO2. The normalized spacial score (nSPS) is 36.6. The number of allylic oxidation sites excluding steroid dienone is 2. The smallest absolute Gasteiger partial charge is 0.0894 e. The Bertz CT molecular complexity index is 217. The van der Waals surface area contributed by atoms with E-state index in [1.807, 2.05) is 0 Å². The molecule has 0 aliphatic heterocycles. The largest absolute Gasteiger partial charge is 0.394 e. The summed E-state index contributed by atoms with van der Waals surface area (Å²) in [7, 11) is 0. The highest BCUT2D eigenvalue weighted by Crippen LogP contribution is 2.42. The molecule has 2 aliphatic rings. The molecule has 0 aromatic heterocycles. The maximum atomic E-state index is 9.14. The predicted octanol–water partition coefficient (Wildman–Crippen LogP) is 0.141. The van der Waals surface area contributed by atoms with Crippen LogP contribution in [-0.4, -0.2) is 36.0 Å². The Hall–Kier alpha value is -0.380. The standard InChI is InChI=1S/C11H19NO2/c13-7-11(14)6-12-5-10-4-8-1-2-9(10)3-8/h1-2,8-14H,3-7H2. The van der Waals surface area contributed by atoms with Gasteiger partial charge in [0, 0.05) is 6.54 Å². The van der Waals surface area contributed by atoms with Gasteiger partial charge in [0.05, 0.1) is 12.7 Å². The summed E-state index contributed by atoms with van der Waals surface area (Å²) in [6.07, 6.45) is 6.69. The molecule has 0 saturated heterocycles. The molecular weight excluding hydrogens is 178 g/mol. The molecule has 4 atom stereocenters. The van der Waals surface area contributed by atoms with Gasteiger partial charge in [-0.3, -0.25) is 0 Å². The maximum Gasteiger partial charge on any atom is 0.0894 e. The number of fused-ring (bicyclic) bond motifs is 2. The van der Waals surface area contributed by atoms with E-state index in [1.165, 1.54) is 12.8 Å². The van der Waals surface area contributed by atoms with Crippen LogP contribution in [0.1, 0.15) is 12.8 Å². The van der Waals surface area contributed by atoms with Crippen LogP contribution in [0.2, 0.25) is 0 Å². The van der Waals surface area contributed by atoms with Crippen molar-refractivity contribution in [3.8, 4) is 0 Å². The fraction of sp³-hybridized carbons (Fsp3) is 0.818. The molecule has 1 saturated carbocycles. The minimum Gasteiger partial charge on any atom is -0.394 e. The molecule has 2 rings (SSSR count). The molecule has 0 amide bonds. The van der Waals surface area contributed by atoms with E-state index in [-0.39, 0.29) is 6.61 Å². The molecule has 0 radical (unpaired) electrons. The van der Waals surface area contributed by atoms with Gasteiger partial charge >= 0.3 is 0 Å². The summed E-state index contributed by atoms with van der Waals surface area (Å²) in [5, 5.41) is 21.0. The van der Waals surface area contributed by atoms with E-state index in [2.05, 4.69) is 17.5 Å². The van der Waals surface area contributed by atoms with Gasteiger partial charge in [-0.15, -0.1) is 0 Å². The fourth-order valence-corrected chi connectivity index (χ4v) is 2.63. The van der Waals surface area contributed by atoms with E-state index in [0.717, 1.165) is 24.3 Å². The summed E-state index contributed by atoms with van der Waals surface area (Å²) in [6, 6.07) is 0. The van der Waals surface area contributed by atoms with Crippen molar-refractivity contribution in [3.05, 3.63) is 12.2 Å². The van der Waals surface area contributed by atoms with Crippen molar-refractivity contribution in [2.24, 2.45) is 17.8 Å². The van der Waals surface area contributed by atoms with Crippen LogP contribution < -0.4 is 5.32 Å². The van der Waals surface area contributed by atoms with Crippen molar-refractivity contribution in [1.29, 1.82) is 0 Å². The number of hydrogen-bond donors (Lipinski definition) is 3. The van der Waals surface area contributed by atoms with Crippen LogP contribution in [0.15, 0.2) is 12.2 Å². The summed E-state index contributed by atoms with van der Waals surface area (Å²) in [6.45, 7) is 1.33. The van der Waals surface area contributed by atoms with E-state index in [1.54, 1.807) is 0 Å². The molecule has 0 aromatic carbocycles. The first-order valence-corrected chi connectivity index (χ1v) is 5.47. The highest BCUT2D eigenvalue weighted by molar-refractivity contribution is 5.10. The van der Waals surface area contributed by atoms with Gasteiger partial charge in [0.1, 0.15) is 0 Å². The Morgan fingerprint density at radius 2 is 2.21 bits per heavy atom. The Morgan fingerprint density at radius 3 is 2.79 bits per heavy atom. The Labute approximate surface area is 84.8 Å². The third-order valence-corrected chi connectivity index (χ3v) is 3.41. The van der Waals surface area contributed by atoms with Gasteiger partial charge < -0.3 is 15.5 Å². The maximum absolute atomic E-state index is 9.14. The SMILES string of the molecule is OCC(O)CNCC1CC2C=CC1C2. The lowest BCUT2D eigenvalue weighted by Crippen LogP contribution is -2.33. The molecule has 3 nitrogen and oxygen atoms in total. The van der Waals surface area contributed by atoms with Crippen LogP contribution in [0.4, 0.5) is 0 Å². The lowest BCUT2D eigenvalue weighted by Gasteiger charge is -2.19. The Kier molecular flexibility index (Phi) is 3.21. The zero-order valence-corrected chi connectivity index (χ0v) is 8.39. The molecule has 0 aromatic rings. The lowest BCUT2D eigenvalue weighted by molar-refractivity contribution is 0.0933. The highest BCUT2D eigenvalue weighted by atomic mass is 16.3. The van der Waals surface area contributed by atoms with Crippen LogP contribution in [0.3, 0.4) is 0 Å². The third-order valence-electron chi connectivity index (χ3n) is 3.41.